The van der Waals surface area contributed by atoms with Crippen LogP contribution in [0.5, 0.6) is 0 Å². The second-order valence-corrected chi connectivity index (χ2v) is 7.15. The van der Waals surface area contributed by atoms with Crippen molar-refractivity contribution in [2.75, 3.05) is 13.7 Å². The molecule has 1 aliphatic rings. The number of hydrogen-bond acceptors (Lipinski definition) is 6. The van der Waals surface area contributed by atoms with Crippen molar-refractivity contribution in [2.24, 2.45) is 0 Å². The molecule has 0 spiro atoms. The van der Waals surface area contributed by atoms with E-state index >= 15 is 0 Å². The monoisotopic (exact) mass is 392 g/mol. The second-order valence-electron chi connectivity index (χ2n) is 6.07. The van der Waals surface area contributed by atoms with Crippen LogP contribution >= 0.6 is 11.3 Å². The van der Waals surface area contributed by atoms with Crippen molar-refractivity contribution in [2.45, 2.75) is 45.3 Å². The molecule has 0 bridgehead atoms. The molecule has 3 rings (SSSR count). The first-order valence-corrected chi connectivity index (χ1v) is 8.94. The van der Waals surface area contributed by atoms with Gasteiger partial charge in [-0.1, -0.05) is 0 Å². The van der Waals surface area contributed by atoms with Crippen molar-refractivity contribution in [1.29, 1.82) is 0 Å². The summed E-state index contributed by atoms with van der Waals surface area (Å²) >= 11 is 1.23. The van der Waals surface area contributed by atoms with E-state index in [9.17, 15) is 22.8 Å². The van der Waals surface area contributed by atoms with Crippen LogP contribution in [0.25, 0.3) is 10.2 Å². The largest absolute Gasteiger partial charge is 0.522 e. The van der Waals surface area contributed by atoms with Crippen LogP contribution in [-0.2, 0) is 17.8 Å². The fraction of sp³-hybridized carbons (Fsp3) is 0.600. The van der Waals surface area contributed by atoms with Crippen molar-refractivity contribution in [3.8, 4) is 0 Å². The maximum atomic E-state index is 12.8. The second kappa shape index (κ2) is 7.14. The third kappa shape index (κ3) is 3.70. The highest BCUT2D eigenvalue weighted by atomic mass is 32.1. The van der Waals surface area contributed by atoms with Crippen LogP contribution < -0.4 is 22.1 Å². The minimum atomic E-state index is -4.76. The standard InChI is InChI=1S/C15H19F3N4O3S/c1-8-10(7-20-19-2)26-13-11(8)12(23)22(9-3-4-9)14(24)21(13)5-6-25-15(16,17)18/h9,19-20H,3-7H2,1-2H3. The quantitative estimate of drug-likeness (QED) is 0.701. The topological polar surface area (TPSA) is 77.3 Å². The van der Waals surface area contributed by atoms with Crippen molar-refractivity contribution in [1.82, 2.24) is 20.0 Å². The molecule has 0 amide bonds. The van der Waals surface area contributed by atoms with E-state index < -0.39 is 18.7 Å². The molecule has 11 heteroatoms. The zero-order chi connectivity index (χ0) is 19.1. The predicted octanol–water partition coefficient (Wildman–Crippen LogP) is 1.63. The van der Waals surface area contributed by atoms with E-state index in [-0.39, 0.29) is 18.1 Å². The molecule has 144 valence electrons. The Hall–Kier alpha value is -1.69. The minimum absolute atomic E-state index is 0.174. The lowest BCUT2D eigenvalue weighted by molar-refractivity contribution is -0.325. The molecule has 0 aliphatic heterocycles. The van der Waals surface area contributed by atoms with Gasteiger partial charge in [-0.3, -0.25) is 29.5 Å². The molecular formula is C15H19F3N4O3S. The van der Waals surface area contributed by atoms with Crippen LogP contribution in [0.3, 0.4) is 0 Å². The lowest BCUT2D eigenvalue weighted by atomic mass is 10.2. The molecule has 1 saturated carbocycles. The number of thiophene rings is 1. The van der Waals surface area contributed by atoms with Gasteiger partial charge in [-0.2, -0.15) is 0 Å². The van der Waals surface area contributed by atoms with Gasteiger partial charge >= 0.3 is 12.1 Å². The Morgan fingerprint density at radius 3 is 2.58 bits per heavy atom. The number of hydrogen-bond donors (Lipinski definition) is 2. The van der Waals surface area contributed by atoms with Gasteiger partial charge in [-0.15, -0.1) is 24.5 Å². The number of aryl methyl sites for hydroxylation is 1. The normalized spacial score (nSPS) is 15.1. The highest BCUT2D eigenvalue weighted by Crippen LogP contribution is 2.34. The smallest absolute Gasteiger partial charge is 0.290 e. The maximum Gasteiger partial charge on any atom is 0.522 e. The van der Waals surface area contributed by atoms with Crippen LogP contribution in [0.1, 0.15) is 29.3 Å². The number of fused-ring (bicyclic) bond motifs is 1. The summed E-state index contributed by atoms with van der Waals surface area (Å²) in [7, 11) is 1.70. The van der Waals surface area contributed by atoms with Gasteiger partial charge in [0.2, 0.25) is 0 Å². The minimum Gasteiger partial charge on any atom is -0.290 e. The lowest BCUT2D eigenvalue weighted by Crippen LogP contribution is -2.40. The number of rotatable bonds is 7. The summed E-state index contributed by atoms with van der Waals surface area (Å²) in [6, 6.07) is -0.174. The van der Waals surface area contributed by atoms with Gasteiger partial charge in [0.25, 0.3) is 5.56 Å². The van der Waals surface area contributed by atoms with Gasteiger partial charge in [-0.25, -0.2) is 4.79 Å². The third-order valence-electron chi connectivity index (χ3n) is 4.26. The van der Waals surface area contributed by atoms with Gasteiger partial charge in [0, 0.05) is 17.5 Å². The summed E-state index contributed by atoms with van der Waals surface area (Å²) in [4.78, 5) is 26.8. The van der Waals surface area contributed by atoms with Crippen molar-refractivity contribution in [3.05, 3.63) is 31.3 Å². The van der Waals surface area contributed by atoms with E-state index in [1.807, 2.05) is 0 Å². The molecule has 7 nitrogen and oxygen atoms in total. The summed E-state index contributed by atoms with van der Waals surface area (Å²) in [6.07, 6.45) is -3.32. The Morgan fingerprint density at radius 2 is 2.00 bits per heavy atom. The first-order valence-electron chi connectivity index (χ1n) is 8.12. The van der Waals surface area contributed by atoms with Crippen molar-refractivity contribution < 1.29 is 17.9 Å². The molecule has 2 N–H and O–H groups in total. The Labute approximate surface area is 150 Å². The molecular weight excluding hydrogens is 373 g/mol. The molecule has 0 radical (unpaired) electrons. The molecule has 1 fully saturated rings. The van der Waals surface area contributed by atoms with E-state index in [1.165, 1.54) is 20.5 Å². The highest BCUT2D eigenvalue weighted by Gasteiger charge is 2.31. The molecule has 2 aromatic rings. The molecule has 0 atom stereocenters. The fourth-order valence-electron chi connectivity index (χ4n) is 2.85. The average molecular weight is 392 g/mol. The lowest BCUT2D eigenvalue weighted by Gasteiger charge is -2.12. The number of alkyl halides is 3. The maximum absolute atomic E-state index is 12.8. The van der Waals surface area contributed by atoms with Crippen LogP contribution in [0.15, 0.2) is 9.59 Å². The summed E-state index contributed by atoms with van der Waals surface area (Å²) in [6.45, 7) is 1.24. The van der Waals surface area contributed by atoms with Crippen molar-refractivity contribution in [3.63, 3.8) is 0 Å². The first-order chi connectivity index (χ1) is 12.2. The van der Waals surface area contributed by atoms with E-state index in [2.05, 4.69) is 15.6 Å². The van der Waals surface area contributed by atoms with Gasteiger partial charge in [-0.05, 0) is 32.4 Å². The van der Waals surface area contributed by atoms with E-state index in [0.717, 1.165) is 23.3 Å². The number of ether oxygens (including phenoxy) is 1. The van der Waals surface area contributed by atoms with E-state index in [1.54, 1.807) is 14.0 Å². The molecule has 0 saturated heterocycles. The molecule has 2 aromatic heterocycles. The Bertz CT molecular complexity index is 927. The molecule has 26 heavy (non-hydrogen) atoms. The van der Waals surface area contributed by atoms with Gasteiger partial charge in [0.1, 0.15) is 4.83 Å². The van der Waals surface area contributed by atoms with Crippen LogP contribution in [-0.4, -0.2) is 29.2 Å². The van der Waals surface area contributed by atoms with Crippen LogP contribution in [0, 0.1) is 6.92 Å². The molecule has 1 aliphatic carbocycles. The van der Waals surface area contributed by atoms with Crippen LogP contribution in [0.4, 0.5) is 13.2 Å². The number of hydrazine groups is 1. The SMILES string of the molecule is CNNCc1sc2c(c1C)c(=O)n(C1CC1)c(=O)n2CCOC(F)(F)F. The van der Waals surface area contributed by atoms with Crippen molar-refractivity contribution >= 4 is 21.6 Å². The summed E-state index contributed by atoms with van der Waals surface area (Å²) in [5.41, 5.74) is 5.49. The van der Waals surface area contributed by atoms with Gasteiger partial charge in [0.05, 0.1) is 18.5 Å². The van der Waals surface area contributed by atoms with Gasteiger partial charge in [0.15, 0.2) is 0 Å². The van der Waals surface area contributed by atoms with E-state index in [0.29, 0.717) is 16.8 Å². The number of nitrogens with one attached hydrogen (secondary N) is 2. The Balaban J connectivity index is 2.11. The molecule has 0 unspecified atom stereocenters. The number of aromatic nitrogens is 2. The third-order valence-corrected chi connectivity index (χ3v) is 5.57. The van der Waals surface area contributed by atoms with Crippen LogP contribution in [0.2, 0.25) is 0 Å². The molecule has 2 heterocycles. The summed E-state index contributed by atoms with van der Waals surface area (Å²) in [5.74, 6) is 0. The number of nitrogens with zero attached hydrogens (tertiary/aromatic N) is 2. The zero-order valence-electron chi connectivity index (χ0n) is 14.3. The highest BCUT2D eigenvalue weighted by molar-refractivity contribution is 7.18. The first kappa shape index (κ1) is 19.1. The Kier molecular flexibility index (Phi) is 5.24. The average Bonchev–Trinajstić information content (AvgIpc) is 3.32. The summed E-state index contributed by atoms with van der Waals surface area (Å²) < 4.78 is 43.1. The fourth-order valence-corrected chi connectivity index (χ4v) is 4.11. The Morgan fingerprint density at radius 1 is 1.31 bits per heavy atom. The van der Waals surface area contributed by atoms with Gasteiger partial charge < -0.3 is 0 Å². The summed E-state index contributed by atoms with van der Waals surface area (Å²) in [5, 5.41) is 0.390. The van der Waals surface area contributed by atoms with E-state index in [4.69, 9.17) is 0 Å². The predicted molar refractivity (Wildman–Crippen MR) is 91.3 cm³/mol. The number of halogens is 3. The molecule has 0 aromatic carbocycles. The zero-order valence-corrected chi connectivity index (χ0v) is 15.1.